The number of halogens is 2. The Balaban J connectivity index is 0.00000264. The minimum absolute atomic E-state index is 0. The molecule has 23 heavy (non-hydrogen) atoms. The predicted molar refractivity (Wildman–Crippen MR) is 94.1 cm³/mol. The molecule has 1 aromatic rings. The third-order valence-electron chi connectivity index (χ3n) is 3.94. The third-order valence-corrected chi connectivity index (χ3v) is 4.18. The first-order valence-electron chi connectivity index (χ1n) is 7.56. The van der Waals surface area contributed by atoms with E-state index in [-0.39, 0.29) is 30.1 Å². The Labute approximate surface area is 148 Å². The summed E-state index contributed by atoms with van der Waals surface area (Å²) >= 11 is 5.93. The van der Waals surface area contributed by atoms with Gasteiger partial charge in [-0.3, -0.25) is 9.59 Å². The maximum Gasteiger partial charge on any atom is 0.254 e. The van der Waals surface area contributed by atoms with Crippen molar-refractivity contribution in [3.05, 3.63) is 34.3 Å². The molecule has 0 aliphatic carbocycles. The molecule has 7 heteroatoms. The Bertz CT molecular complexity index is 566. The van der Waals surface area contributed by atoms with E-state index in [1.165, 1.54) is 0 Å². The second-order valence-corrected chi connectivity index (χ2v) is 6.07. The van der Waals surface area contributed by atoms with Gasteiger partial charge in [-0.05, 0) is 43.5 Å². The maximum absolute atomic E-state index is 12.6. The van der Waals surface area contributed by atoms with Crippen LogP contribution in [0.3, 0.4) is 0 Å². The molecular weight excluding hydrogens is 337 g/mol. The van der Waals surface area contributed by atoms with E-state index in [2.05, 4.69) is 5.32 Å². The number of nitrogens with one attached hydrogen (secondary N) is 1. The van der Waals surface area contributed by atoms with Crippen LogP contribution in [-0.2, 0) is 4.79 Å². The highest BCUT2D eigenvalue weighted by Crippen LogP contribution is 2.21. The summed E-state index contributed by atoms with van der Waals surface area (Å²) in [5.74, 6) is -0.210. The average molecular weight is 360 g/mol. The van der Waals surface area contributed by atoms with Crippen molar-refractivity contribution in [2.75, 3.05) is 26.2 Å². The van der Waals surface area contributed by atoms with Gasteiger partial charge in [-0.2, -0.15) is 0 Å². The molecule has 1 unspecified atom stereocenters. The molecule has 2 rings (SSSR count). The van der Waals surface area contributed by atoms with Gasteiger partial charge in [-0.25, -0.2) is 0 Å². The quantitative estimate of drug-likeness (QED) is 0.862. The van der Waals surface area contributed by atoms with Crippen LogP contribution in [0, 0.1) is 12.8 Å². The number of aryl methyl sites for hydroxylation is 1. The Morgan fingerprint density at radius 1 is 1.43 bits per heavy atom. The summed E-state index contributed by atoms with van der Waals surface area (Å²) in [7, 11) is 0. The van der Waals surface area contributed by atoms with Crippen molar-refractivity contribution in [1.82, 2.24) is 10.2 Å². The van der Waals surface area contributed by atoms with Crippen molar-refractivity contribution in [2.24, 2.45) is 11.7 Å². The van der Waals surface area contributed by atoms with Gasteiger partial charge in [0.15, 0.2) is 0 Å². The molecule has 1 atom stereocenters. The van der Waals surface area contributed by atoms with E-state index < -0.39 is 0 Å². The summed E-state index contributed by atoms with van der Waals surface area (Å²) in [5.41, 5.74) is 6.90. The first kappa shape index (κ1) is 19.7. The molecule has 1 aromatic carbocycles. The van der Waals surface area contributed by atoms with Crippen LogP contribution in [0.15, 0.2) is 18.2 Å². The van der Waals surface area contributed by atoms with Crippen LogP contribution in [0.2, 0.25) is 5.02 Å². The molecule has 0 saturated carbocycles. The summed E-state index contributed by atoms with van der Waals surface area (Å²) < 4.78 is 0. The van der Waals surface area contributed by atoms with Gasteiger partial charge < -0.3 is 16.0 Å². The summed E-state index contributed by atoms with van der Waals surface area (Å²) in [6.45, 7) is 3.90. The van der Waals surface area contributed by atoms with Gasteiger partial charge in [0.05, 0.1) is 5.92 Å². The summed E-state index contributed by atoms with van der Waals surface area (Å²) in [4.78, 5) is 26.5. The number of hydrogen-bond donors (Lipinski definition) is 2. The zero-order valence-corrected chi connectivity index (χ0v) is 14.8. The summed E-state index contributed by atoms with van der Waals surface area (Å²) in [5, 5.41) is 3.42. The zero-order valence-electron chi connectivity index (χ0n) is 13.2. The van der Waals surface area contributed by atoms with Crippen LogP contribution in [0.1, 0.15) is 28.8 Å². The lowest BCUT2D eigenvalue weighted by molar-refractivity contribution is -0.126. The smallest absolute Gasteiger partial charge is 0.254 e. The van der Waals surface area contributed by atoms with Crippen molar-refractivity contribution in [3.8, 4) is 0 Å². The molecule has 1 heterocycles. The van der Waals surface area contributed by atoms with E-state index in [9.17, 15) is 9.59 Å². The number of nitrogens with zero attached hydrogens (tertiary/aromatic N) is 1. The van der Waals surface area contributed by atoms with Crippen LogP contribution in [0.25, 0.3) is 0 Å². The Morgan fingerprint density at radius 2 is 2.17 bits per heavy atom. The van der Waals surface area contributed by atoms with Crippen LogP contribution in [-0.4, -0.2) is 42.9 Å². The monoisotopic (exact) mass is 359 g/mol. The van der Waals surface area contributed by atoms with E-state index in [4.69, 9.17) is 17.3 Å². The number of piperidine rings is 1. The number of benzene rings is 1. The van der Waals surface area contributed by atoms with E-state index in [1.807, 2.05) is 6.92 Å². The van der Waals surface area contributed by atoms with Crippen molar-refractivity contribution in [1.29, 1.82) is 0 Å². The number of amides is 2. The number of carbonyl (C=O) groups excluding carboxylic acids is 2. The topological polar surface area (TPSA) is 75.4 Å². The van der Waals surface area contributed by atoms with Gasteiger partial charge in [0.25, 0.3) is 5.91 Å². The van der Waals surface area contributed by atoms with E-state index in [0.29, 0.717) is 36.8 Å². The third kappa shape index (κ3) is 5.09. The first-order valence-corrected chi connectivity index (χ1v) is 7.94. The van der Waals surface area contributed by atoms with Gasteiger partial charge in [0, 0.05) is 36.8 Å². The largest absolute Gasteiger partial charge is 0.355 e. The molecule has 0 spiro atoms. The predicted octanol–water partition coefficient (Wildman–Crippen LogP) is 2.00. The molecule has 3 N–H and O–H groups in total. The van der Waals surface area contributed by atoms with Crippen LogP contribution in [0.4, 0.5) is 0 Å². The van der Waals surface area contributed by atoms with Gasteiger partial charge in [-0.1, -0.05) is 11.6 Å². The standard InChI is InChI=1S/C16H22ClN3O2.ClH/c1-11-9-13(17)4-5-14(11)16(22)20-8-2-3-12(10-20)15(21)19-7-6-18;/h4-5,9,12H,2-3,6-8,10,18H2,1H3,(H,19,21);1H. The minimum atomic E-state index is -0.156. The molecule has 2 amide bonds. The van der Waals surface area contributed by atoms with E-state index in [1.54, 1.807) is 23.1 Å². The van der Waals surface area contributed by atoms with Crippen molar-refractivity contribution in [3.63, 3.8) is 0 Å². The lowest BCUT2D eigenvalue weighted by Crippen LogP contribution is -2.46. The highest BCUT2D eigenvalue weighted by molar-refractivity contribution is 6.30. The number of carbonyl (C=O) groups is 2. The summed E-state index contributed by atoms with van der Waals surface area (Å²) in [6, 6.07) is 5.25. The molecule has 0 radical (unpaired) electrons. The van der Waals surface area contributed by atoms with Gasteiger partial charge in [0.2, 0.25) is 5.91 Å². The number of nitrogens with two attached hydrogens (primary N) is 1. The molecule has 5 nitrogen and oxygen atoms in total. The molecule has 0 bridgehead atoms. The normalized spacial score (nSPS) is 17.3. The second-order valence-electron chi connectivity index (χ2n) is 5.63. The summed E-state index contributed by atoms with van der Waals surface area (Å²) in [6.07, 6.45) is 1.64. The zero-order chi connectivity index (χ0) is 16.1. The van der Waals surface area contributed by atoms with Crippen LogP contribution < -0.4 is 11.1 Å². The second kappa shape index (κ2) is 9.11. The molecule has 1 fully saturated rings. The van der Waals surface area contributed by atoms with Crippen molar-refractivity contribution < 1.29 is 9.59 Å². The number of likely N-dealkylation sites (tertiary alicyclic amines) is 1. The van der Waals surface area contributed by atoms with Crippen LogP contribution in [0.5, 0.6) is 0 Å². The van der Waals surface area contributed by atoms with Gasteiger partial charge in [-0.15, -0.1) is 12.4 Å². The Hall–Kier alpha value is -1.30. The maximum atomic E-state index is 12.6. The fraction of sp³-hybridized carbons (Fsp3) is 0.500. The van der Waals surface area contributed by atoms with E-state index >= 15 is 0 Å². The highest BCUT2D eigenvalue weighted by Gasteiger charge is 2.29. The van der Waals surface area contributed by atoms with Gasteiger partial charge in [0.1, 0.15) is 0 Å². The Morgan fingerprint density at radius 3 is 2.83 bits per heavy atom. The van der Waals surface area contributed by atoms with Crippen molar-refractivity contribution >= 4 is 35.8 Å². The number of hydrogen-bond acceptors (Lipinski definition) is 3. The highest BCUT2D eigenvalue weighted by atomic mass is 35.5. The first-order chi connectivity index (χ1) is 10.5. The lowest BCUT2D eigenvalue weighted by atomic mass is 9.96. The molecule has 128 valence electrons. The van der Waals surface area contributed by atoms with Crippen LogP contribution >= 0.6 is 24.0 Å². The molecule has 1 saturated heterocycles. The van der Waals surface area contributed by atoms with Gasteiger partial charge >= 0.3 is 0 Å². The fourth-order valence-corrected chi connectivity index (χ4v) is 2.98. The minimum Gasteiger partial charge on any atom is -0.355 e. The van der Waals surface area contributed by atoms with E-state index in [0.717, 1.165) is 18.4 Å². The molecular formula is C16H23Cl2N3O2. The number of rotatable bonds is 4. The molecule has 1 aliphatic rings. The lowest BCUT2D eigenvalue weighted by Gasteiger charge is -2.32. The van der Waals surface area contributed by atoms with Crippen molar-refractivity contribution in [2.45, 2.75) is 19.8 Å². The molecule has 1 aliphatic heterocycles. The fourth-order valence-electron chi connectivity index (χ4n) is 2.75. The Kier molecular flexibility index (Phi) is 7.82. The molecule has 0 aromatic heterocycles. The SMILES string of the molecule is Cc1cc(Cl)ccc1C(=O)N1CCCC(C(=O)NCCN)C1.Cl. The average Bonchev–Trinajstić information content (AvgIpc) is 2.52.